The first-order chi connectivity index (χ1) is 13.0. The Morgan fingerprint density at radius 2 is 2.00 bits per heavy atom. The van der Waals surface area contributed by atoms with Gasteiger partial charge in [0.15, 0.2) is 0 Å². The third-order valence-corrected chi connectivity index (χ3v) is 6.25. The molecule has 2 aromatic heterocycles. The Bertz CT molecular complexity index is 984. The Kier molecular flexibility index (Phi) is 4.97. The van der Waals surface area contributed by atoms with Crippen molar-refractivity contribution in [3.05, 3.63) is 40.0 Å². The number of benzene rings is 1. The SMILES string of the molecule is Cc1ccc2c(c1)c(C)c(C(=O)Nc1nnc(CCN3CCCC3)s1)n2C. The smallest absolute Gasteiger partial charge is 0.274 e. The molecule has 1 aliphatic heterocycles. The number of hydrogen-bond donors (Lipinski definition) is 1. The summed E-state index contributed by atoms with van der Waals surface area (Å²) in [6.45, 7) is 7.45. The second kappa shape index (κ2) is 7.40. The van der Waals surface area contributed by atoms with Crippen LogP contribution < -0.4 is 5.32 Å². The Morgan fingerprint density at radius 1 is 1.22 bits per heavy atom. The van der Waals surface area contributed by atoms with Crippen molar-refractivity contribution >= 4 is 33.3 Å². The number of likely N-dealkylation sites (tertiary alicyclic amines) is 1. The first-order valence-corrected chi connectivity index (χ1v) is 10.3. The van der Waals surface area contributed by atoms with Gasteiger partial charge < -0.3 is 9.47 Å². The van der Waals surface area contributed by atoms with E-state index in [1.54, 1.807) is 0 Å². The molecule has 27 heavy (non-hydrogen) atoms. The highest BCUT2D eigenvalue weighted by Gasteiger charge is 2.20. The van der Waals surface area contributed by atoms with Crippen LogP contribution in [0.2, 0.25) is 0 Å². The van der Waals surface area contributed by atoms with Crippen LogP contribution in [0.4, 0.5) is 5.13 Å². The second-order valence-corrected chi connectivity index (χ2v) is 8.37. The van der Waals surface area contributed by atoms with E-state index < -0.39 is 0 Å². The number of amides is 1. The molecule has 1 fully saturated rings. The minimum atomic E-state index is -0.133. The Balaban J connectivity index is 1.48. The predicted octanol–water partition coefficient (Wildman–Crippen LogP) is 3.54. The van der Waals surface area contributed by atoms with E-state index in [-0.39, 0.29) is 5.91 Å². The highest BCUT2D eigenvalue weighted by atomic mass is 32.1. The molecule has 0 aliphatic carbocycles. The van der Waals surface area contributed by atoms with E-state index >= 15 is 0 Å². The van der Waals surface area contributed by atoms with Crippen molar-refractivity contribution in [2.24, 2.45) is 7.05 Å². The first-order valence-electron chi connectivity index (χ1n) is 9.44. The average Bonchev–Trinajstić information content (AvgIpc) is 3.35. The molecular formula is C20H25N5OS. The summed E-state index contributed by atoms with van der Waals surface area (Å²) in [7, 11) is 1.93. The zero-order valence-corrected chi connectivity index (χ0v) is 16.9. The Morgan fingerprint density at radius 3 is 2.78 bits per heavy atom. The first kappa shape index (κ1) is 18.1. The number of hydrogen-bond acceptors (Lipinski definition) is 5. The van der Waals surface area contributed by atoms with Crippen molar-refractivity contribution in [3.8, 4) is 0 Å². The molecule has 0 saturated carbocycles. The van der Waals surface area contributed by atoms with Crippen LogP contribution in [0.25, 0.3) is 10.9 Å². The molecule has 3 aromatic rings. The van der Waals surface area contributed by atoms with Gasteiger partial charge in [0, 0.05) is 30.9 Å². The summed E-state index contributed by atoms with van der Waals surface area (Å²) in [5.74, 6) is -0.133. The molecular weight excluding hydrogens is 358 g/mol. The fourth-order valence-corrected chi connectivity index (χ4v) is 4.61. The van der Waals surface area contributed by atoms with Gasteiger partial charge in [-0.05, 0) is 57.5 Å². The van der Waals surface area contributed by atoms with Crippen molar-refractivity contribution < 1.29 is 4.79 Å². The van der Waals surface area contributed by atoms with Gasteiger partial charge in [-0.2, -0.15) is 0 Å². The molecule has 0 unspecified atom stereocenters. The molecule has 4 rings (SSSR count). The van der Waals surface area contributed by atoms with E-state index in [9.17, 15) is 4.79 Å². The third kappa shape index (κ3) is 3.61. The molecule has 0 atom stereocenters. The quantitative estimate of drug-likeness (QED) is 0.732. The molecule has 0 spiro atoms. The van der Waals surface area contributed by atoms with Gasteiger partial charge >= 0.3 is 0 Å². The standard InChI is InChI=1S/C20H25N5OS/c1-13-6-7-16-15(12-13)14(2)18(24(16)3)19(26)21-20-23-22-17(27-20)8-11-25-9-4-5-10-25/h6-7,12H,4-5,8-11H2,1-3H3,(H,21,23,26). The van der Waals surface area contributed by atoms with E-state index in [0.29, 0.717) is 10.8 Å². The fraction of sp³-hybridized carbons (Fsp3) is 0.450. The number of carbonyl (C=O) groups excluding carboxylic acids is 1. The molecule has 142 valence electrons. The molecule has 3 heterocycles. The minimum absolute atomic E-state index is 0.133. The number of aromatic nitrogens is 3. The average molecular weight is 384 g/mol. The normalized spacial score (nSPS) is 14.9. The number of nitrogens with zero attached hydrogens (tertiary/aromatic N) is 4. The molecule has 7 heteroatoms. The lowest BCUT2D eigenvalue weighted by atomic mass is 10.1. The summed E-state index contributed by atoms with van der Waals surface area (Å²) in [4.78, 5) is 15.3. The highest BCUT2D eigenvalue weighted by Crippen LogP contribution is 2.27. The maximum Gasteiger partial charge on any atom is 0.274 e. The Hall–Kier alpha value is -2.25. The van der Waals surface area contributed by atoms with Crippen LogP contribution in [0.15, 0.2) is 18.2 Å². The van der Waals surface area contributed by atoms with Gasteiger partial charge in [-0.15, -0.1) is 10.2 Å². The van der Waals surface area contributed by atoms with E-state index in [1.165, 1.54) is 42.8 Å². The zero-order chi connectivity index (χ0) is 19.0. The number of rotatable bonds is 5. The monoisotopic (exact) mass is 383 g/mol. The van der Waals surface area contributed by atoms with Gasteiger partial charge in [-0.25, -0.2) is 0 Å². The maximum atomic E-state index is 12.9. The number of nitrogens with one attached hydrogen (secondary N) is 1. The molecule has 0 bridgehead atoms. The minimum Gasteiger partial charge on any atom is -0.339 e. The summed E-state index contributed by atoms with van der Waals surface area (Å²) >= 11 is 1.47. The van der Waals surface area contributed by atoms with E-state index in [1.807, 2.05) is 18.5 Å². The summed E-state index contributed by atoms with van der Waals surface area (Å²) < 4.78 is 1.95. The van der Waals surface area contributed by atoms with Crippen LogP contribution >= 0.6 is 11.3 Å². The van der Waals surface area contributed by atoms with E-state index in [0.717, 1.165) is 34.4 Å². The number of fused-ring (bicyclic) bond motifs is 1. The molecule has 6 nitrogen and oxygen atoms in total. The summed E-state index contributed by atoms with van der Waals surface area (Å²) in [6.07, 6.45) is 3.47. The zero-order valence-electron chi connectivity index (χ0n) is 16.1. The van der Waals surface area contributed by atoms with Crippen molar-refractivity contribution in [2.45, 2.75) is 33.1 Å². The highest BCUT2D eigenvalue weighted by molar-refractivity contribution is 7.15. The molecule has 1 saturated heterocycles. The van der Waals surface area contributed by atoms with Gasteiger partial charge in [0.05, 0.1) is 0 Å². The van der Waals surface area contributed by atoms with Crippen LogP contribution in [-0.4, -0.2) is 45.2 Å². The predicted molar refractivity (Wildman–Crippen MR) is 110 cm³/mol. The number of aryl methyl sites for hydroxylation is 3. The topological polar surface area (TPSA) is 63.1 Å². The van der Waals surface area contributed by atoms with Crippen LogP contribution in [-0.2, 0) is 13.5 Å². The molecule has 0 radical (unpaired) electrons. The number of anilines is 1. The van der Waals surface area contributed by atoms with E-state index in [2.05, 4.69) is 45.5 Å². The summed E-state index contributed by atoms with van der Waals surface area (Å²) in [5.41, 5.74) is 3.92. The van der Waals surface area contributed by atoms with E-state index in [4.69, 9.17) is 0 Å². The molecule has 1 aromatic carbocycles. The molecule has 1 aliphatic rings. The van der Waals surface area contributed by atoms with Crippen LogP contribution in [0.5, 0.6) is 0 Å². The lowest BCUT2D eigenvalue weighted by Crippen LogP contribution is -2.21. The Labute approximate surface area is 163 Å². The third-order valence-electron chi connectivity index (χ3n) is 5.35. The van der Waals surface area contributed by atoms with Gasteiger partial charge in [0.25, 0.3) is 5.91 Å². The summed E-state index contributed by atoms with van der Waals surface area (Å²) in [6, 6.07) is 6.26. The lowest BCUT2D eigenvalue weighted by molar-refractivity contribution is 0.101. The van der Waals surface area contributed by atoms with Crippen LogP contribution in [0, 0.1) is 13.8 Å². The van der Waals surface area contributed by atoms with Crippen molar-refractivity contribution in [3.63, 3.8) is 0 Å². The lowest BCUT2D eigenvalue weighted by Gasteiger charge is -2.12. The second-order valence-electron chi connectivity index (χ2n) is 7.31. The van der Waals surface area contributed by atoms with Crippen molar-refractivity contribution in [1.29, 1.82) is 0 Å². The van der Waals surface area contributed by atoms with Crippen molar-refractivity contribution in [2.75, 3.05) is 25.0 Å². The largest absolute Gasteiger partial charge is 0.339 e. The molecule has 1 N–H and O–H groups in total. The van der Waals surface area contributed by atoms with Gasteiger partial charge in [-0.3, -0.25) is 10.1 Å². The summed E-state index contributed by atoms with van der Waals surface area (Å²) in [5, 5.41) is 14.0. The van der Waals surface area contributed by atoms with Crippen molar-refractivity contribution in [1.82, 2.24) is 19.7 Å². The van der Waals surface area contributed by atoms with Crippen LogP contribution in [0.3, 0.4) is 0 Å². The molecule has 1 amide bonds. The van der Waals surface area contributed by atoms with Gasteiger partial charge in [-0.1, -0.05) is 23.0 Å². The van der Waals surface area contributed by atoms with Gasteiger partial charge in [0.2, 0.25) is 5.13 Å². The maximum absolute atomic E-state index is 12.9. The fourth-order valence-electron chi connectivity index (χ4n) is 3.89. The van der Waals surface area contributed by atoms with Gasteiger partial charge in [0.1, 0.15) is 10.7 Å². The number of carbonyl (C=O) groups is 1. The van der Waals surface area contributed by atoms with Crippen LogP contribution in [0.1, 0.15) is 39.5 Å².